The number of nitrogens with one attached hydrogen (secondary N) is 1. The van der Waals surface area contributed by atoms with Crippen LogP contribution in [-0.4, -0.2) is 22.0 Å². The Labute approximate surface area is 152 Å². The zero-order valence-corrected chi connectivity index (χ0v) is 15.9. The lowest BCUT2D eigenvalue weighted by Gasteiger charge is -2.07. The number of nitrogens with zero attached hydrogens (tertiary/aromatic N) is 2. The molecule has 25 heavy (non-hydrogen) atoms. The zero-order chi connectivity index (χ0) is 17.8. The highest BCUT2D eigenvalue weighted by atomic mass is 32.1. The van der Waals surface area contributed by atoms with Crippen molar-refractivity contribution in [3.05, 3.63) is 52.1 Å². The van der Waals surface area contributed by atoms with E-state index >= 15 is 0 Å². The van der Waals surface area contributed by atoms with Crippen LogP contribution >= 0.6 is 11.3 Å². The maximum atomic E-state index is 12.4. The van der Waals surface area contributed by atoms with Crippen molar-refractivity contribution < 1.29 is 4.79 Å². The molecule has 0 fully saturated rings. The van der Waals surface area contributed by atoms with Crippen LogP contribution in [0.15, 0.2) is 36.5 Å². The Morgan fingerprint density at radius 2 is 2.08 bits per heavy atom. The number of carbonyl (C=O) groups is 1. The summed E-state index contributed by atoms with van der Waals surface area (Å²) in [5, 5.41) is 5.34. The molecule has 0 aliphatic carbocycles. The van der Waals surface area contributed by atoms with Gasteiger partial charge in [-0.2, -0.15) is 0 Å². The van der Waals surface area contributed by atoms with E-state index in [0.717, 1.165) is 35.0 Å². The Morgan fingerprint density at radius 1 is 1.28 bits per heavy atom. The molecular weight excluding hydrogens is 330 g/mol. The first-order chi connectivity index (χ1) is 12.0. The normalized spacial score (nSPS) is 11.4. The fourth-order valence-electron chi connectivity index (χ4n) is 2.97. The van der Waals surface area contributed by atoms with E-state index in [2.05, 4.69) is 65.2 Å². The molecule has 0 unspecified atom stereocenters. The minimum absolute atomic E-state index is 0.00219. The van der Waals surface area contributed by atoms with Gasteiger partial charge in [0.05, 0.1) is 10.7 Å². The van der Waals surface area contributed by atoms with Crippen molar-refractivity contribution in [3.8, 4) is 0 Å². The highest BCUT2D eigenvalue weighted by Crippen LogP contribution is 2.20. The number of aryl methyl sites for hydroxylation is 2. The summed E-state index contributed by atoms with van der Waals surface area (Å²) in [5.74, 6) is 0.556. The van der Waals surface area contributed by atoms with Gasteiger partial charge in [-0.25, -0.2) is 4.98 Å². The lowest BCUT2D eigenvalue weighted by atomic mass is 10.1. The van der Waals surface area contributed by atoms with Crippen molar-refractivity contribution >= 4 is 28.1 Å². The van der Waals surface area contributed by atoms with Gasteiger partial charge in [-0.05, 0) is 36.8 Å². The number of fused-ring (bicyclic) bond motifs is 1. The second kappa shape index (κ2) is 7.83. The number of aromatic nitrogens is 2. The second-order valence-corrected chi connectivity index (χ2v) is 7.88. The Balaban J connectivity index is 1.52. The minimum atomic E-state index is 0.00219. The number of hydrogen-bond acceptors (Lipinski definition) is 3. The molecule has 1 N–H and O–H groups in total. The maximum absolute atomic E-state index is 12.4. The van der Waals surface area contributed by atoms with E-state index < -0.39 is 0 Å². The molecule has 1 amide bonds. The van der Waals surface area contributed by atoms with Crippen LogP contribution in [0.4, 0.5) is 0 Å². The predicted molar refractivity (Wildman–Crippen MR) is 104 cm³/mol. The van der Waals surface area contributed by atoms with Gasteiger partial charge in [0.2, 0.25) is 0 Å². The summed E-state index contributed by atoms with van der Waals surface area (Å²) in [5.41, 5.74) is 2.08. The van der Waals surface area contributed by atoms with Crippen LogP contribution in [0.3, 0.4) is 0 Å². The van der Waals surface area contributed by atoms with E-state index in [1.165, 1.54) is 22.2 Å². The monoisotopic (exact) mass is 355 g/mol. The molecule has 4 nitrogen and oxygen atoms in total. The third-order valence-electron chi connectivity index (χ3n) is 4.17. The molecule has 1 aromatic carbocycles. The van der Waals surface area contributed by atoms with E-state index in [1.54, 1.807) is 0 Å². The summed E-state index contributed by atoms with van der Waals surface area (Å²) >= 11 is 1.53. The smallest absolute Gasteiger partial charge is 0.263 e. The largest absolute Gasteiger partial charge is 0.351 e. The standard InChI is InChI=1S/C20H25N3OS/c1-14(2)13-18-22-15(3)19(25-18)20(24)21-10-6-11-23-12-9-16-7-4-5-8-17(16)23/h4-5,7-9,12,14H,6,10-11,13H2,1-3H3,(H,21,24). The number of para-hydroxylation sites is 1. The van der Waals surface area contributed by atoms with E-state index in [0.29, 0.717) is 12.5 Å². The maximum Gasteiger partial charge on any atom is 0.263 e. The Bertz CT molecular complexity index is 863. The summed E-state index contributed by atoms with van der Waals surface area (Å²) in [6.45, 7) is 7.82. The molecule has 0 bridgehead atoms. The molecule has 0 saturated heterocycles. The van der Waals surface area contributed by atoms with E-state index in [1.807, 2.05) is 6.92 Å². The molecule has 0 radical (unpaired) electrons. The highest BCUT2D eigenvalue weighted by Gasteiger charge is 2.15. The van der Waals surface area contributed by atoms with Gasteiger partial charge in [0, 0.05) is 31.2 Å². The first kappa shape index (κ1) is 17.7. The van der Waals surface area contributed by atoms with Crippen LogP contribution in [0, 0.1) is 12.8 Å². The van der Waals surface area contributed by atoms with Crippen molar-refractivity contribution in [2.75, 3.05) is 6.54 Å². The van der Waals surface area contributed by atoms with Gasteiger partial charge >= 0.3 is 0 Å². The SMILES string of the molecule is Cc1nc(CC(C)C)sc1C(=O)NCCCn1ccc2ccccc21. The molecule has 2 heterocycles. The van der Waals surface area contributed by atoms with Crippen molar-refractivity contribution in [1.82, 2.24) is 14.9 Å². The van der Waals surface area contributed by atoms with Crippen LogP contribution < -0.4 is 5.32 Å². The molecule has 5 heteroatoms. The quantitative estimate of drug-likeness (QED) is 0.638. The topological polar surface area (TPSA) is 46.9 Å². The Morgan fingerprint density at radius 3 is 2.88 bits per heavy atom. The zero-order valence-electron chi connectivity index (χ0n) is 15.1. The number of thiazole rings is 1. The number of amides is 1. The molecule has 0 spiro atoms. The highest BCUT2D eigenvalue weighted by molar-refractivity contribution is 7.13. The predicted octanol–water partition coefficient (Wildman–Crippen LogP) is 4.42. The molecule has 3 aromatic rings. The number of carbonyl (C=O) groups excluding carboxylic acids is 1. The molecule has 0 atom stereocenters. The van der Waals surface area contributed by atoms with Gasteiger partial charge in [0.1, 0.15) is 4.88 Å². The first-order valence-electron chi connectivity index (χ1n) is 8.83. The van der Waals surface area contributed by atoms with E-state index in [-0.39, 0.29) is 5.91 Å². The summed E-state index contributed by atoms with van der Waals surface area (Å²) in [6.07, 6.45) is 3.94. The van der Waals surface area contributed by atoms with Gasteiger partial charge in [-0.15, -0.1) is 11.3 Å². The third-order valence-corrected chi connectivity index (χ3v) is 5.35. The Hall–Kier alpha value is -2.14. The van der Waals surface area contributed by atoms with Gasteiger partial charge in [0.25, 0.3) is 5.91 Å². The summed E-state index contributed by atoms with van der Waals surface area (Å²) < 4.78 is 2.24. The van der Waals surface area contributed by atoms with Crippen LogP contribution in [0.1, 0.15) is 40.6 Å². The minimum Gasteiger partial charge on any atom is -0.351 e. The first-order valence-corrected chi connectivity index (χ1v) is 9.64. The molecule has 0 saturated carbocycles. The number of rotatable bonds is 7. The summed E-state index contributed by atoms with van der Waals surface area (Å²) in [4.78, 5) is 17.7. The molecule has 132 valence electrons. The third kappa shape index (κ3) is 4.28. The van der Waals surface area contributed by atoms with Gasteiger partial charge < -0.3 is 9.88 Å². The lowest BCUT2D eigenvalue weighted by molar-refractivity contribution is 0.0956. The molecule has 3 rings (SSSR count). The summed E-state index contributed by atoms with van der Waals surface area (Å²) in [7, 11) is 0. The fraction of sp³-hybridized carbons (Fsp3) is 0.400. The average Bonchev–Trinajstić information content (AvgIpc) is 3.14. The molecular formula is C20H25N3OS. The fourth-order valence-corrected chi connectivity index (χ4v) is 4.16. The summed E-state index contributed by atoms with van der Waals surface area (Å²) in [6, 6.07) is 10.5. The van der Waals surface area contributed by atoms with Crippen molar-refractivity contribution in [2.45, 2.75) is 40.2 Å². The van der Waals surface area contributed by atoms with Crippen molar-refractivity contribution in [3.63, 3.8) is 0 Å². The van der Waals surface area contributed by atoms with Crippen LogP contribution in [0.2, 0.25) is 0 Å². The van der Waals surface area contributed by atoms with Crippen molar-refractivity contribution in [2.24, 2.45) is 5.92 Å². The number of hydrogen-bond donors (Lipinski definition) is 1. The second-order valence-electron chi connectivity index (χ2n) is 6.80. The molecule has 2 aromatic heterocycles. The molecule has 0 aliphatic rings. The van der Waals surface area contributed by atoms with E-state index in [9.17, 15) is 4.79 Å². The van der Waals surface area contributed by atoms with Crippen LogP contribution in [-0.2, 0) is 13.0 Å². The lowest BCUT2D eigenvalue weighted by Crippen LogP contribution is -2.25. The number of benzene rings is 1. The Kier molecular flexibility index (Phi) is 5.53. The van der Waals surface area contributed by atoms with E-state index in [4.69, 9.17) is 0 Å². The van der Waals surface area contributed by atoms with Crippen LogP contribution in [0.25, 0.3) is 10.9 Å². The van der Waals surface area contributed by atoms with Crippen LogP contribution in [0.5, 0.6) is 0 Å². The van der Waals surface area contributed by atoms with Gasteiger partial charge in [-0.3, -0.25) is 4.79 Å². The van der Waals surface area contributed by atoms with Gasteiger partial charge in [-0.1, -0.05) is 32.0 Å². The van der Waals surface area contributed by atoms with Crippen molar-refractivity contribution in [1.29, 1.82) is 0 Å². The average molecular weight is 356 g/mol. The molecule has 0 aliphatic heterocycles. The van der Waals surface area contributed by atoms with Gasteiger partial charge in [0.15, 0.2) is 0 Å².